The van der Waals surface area contributed by atoms with Gasteiger partial charge in [-0.3, -0.25) is 14.6 Å². The third-order valence-electron chi connectivity index (χ3n) is 5.65. The van der Waals surface area contributed by atoms with Crippen LogP contribution in [-0.4, -0.2) is 57.8 Å². The highest BCUT2D eigenvalue weighted by Gasteiger charge is 2.28. The van der Waals surface area contributed by atoms with Crippen molar-refractivity contribution in [2.45, 2.75) is 45.4 Å². The average Bonchev–Trinajstić information content (AvgIpc) is 3.37. The predicted octanol–water partition coefficient (Wildman–Crippen LogP) is 3.41. The van der Waals surface area contributed by atoms with Crippen molar-refractivity contribution >= 4 is 23.2 Å². The van der Waals surface area contributed by atoms with E-state index in [2.05, 4.69) is 9.97 Å². The molecule has 2 aliphatic heterocycles. The largest absolute Gasteiger partial charge is 0.339 e. The van der Waals surface area contributed by atoms with Gasteiger partial charge in [-0.2, -0.15) is 0 Å². The lowest BCUT2D eigenvalue weighted by molar-refractivity contribution is 0.0709. The van der Waals surface area contributed by atoms with E-state index in [1.165, 1.54) is 11.3 Å². The van der Waals surface area contributed by atoms with Crippen LogP contribution >= 0.6 is 11.3 Å². The zero-order valence-corrected chi connectivity index (χ0v) is 17.3. The number of aryl methyl sites for hydroxylation is 2. The third-order valence-corrected chi connectivity index (χ3v) is 6.71. The summed E-state index contributed by atoms with van der Waals surface area (Å²) in [6.45, 7) is 6.96. The van der Waals surface area contributed by atoms with Gasteiger partial charge in [0.05, 0.1) is 16.3 Å². The topological polar surface area (TPSA) is 66.4 Å². The molecule has 2 fully saturated rings. The molecule has 4 rings (SSSR count). The summed E-state index contributed by atoms with van der Waals surface area (Å²) in [6.07, 6.45) is 5.84. The molecule has 0 saturated carbocycles. The van der Waals surface area contributed by atoms with Crippen LogP contribution in [0.5, 0.6) is 0 Å². The molecule has 28 heavy (non-hydrogen) atoms. The normalized spacial score (nSPS) is 19.9. The molecule has 0 N–H and O–H groups in total. The molecular formula is C21H26N4O2S. The molecule has 6 nitrogen and oxygen atoms in total. The Bertz CT molecular complexity index is 871. The van der Waals surface area contributed by atoms with Crippen molar-refractivity contribution in [1.29, 1.82) is 0 Å². The van der Waals surface area contributed by atoms with Gasteiger partial charge in [-0.15, -0.1) is 11.3 Å². The van der Waals surface area contributed by atoms with Crippen molar-refractivity contribution in [1.82, 2.24) is 19.8 Å². The Hall–Kier alpha value is -2.28. The van der Waals surface area contributed by atoms with Crippen LogP contribution in [0.3, 0.4) is 0 Å². The van der Waals surface area contributed by atoms with Gasteiger partial charge in [-0.1, -0.05) is 0 Å². The first-order chi connectivity index (χ1) is 13.5. The third kappa shape index (κ3) is 3.81. The molecule has 4 heterocycles. The molecule has 0 unspecified atom stereocenters. The van der Waals surface area contributed by atoms with E-state index in [-0.39, 0.29) is 17.7 Å². The molecule has 2 aromatic rings. The highest BCUT2D eigenvalue weighted by molar-refractivity contribution is 7.13. The van der Waals surface area contributed by atoms with E-state index in [4.69, 9.17) is 0 Å². The number of piperidine rings is 1. The van der Waals surface area contributed by atoms with Crippen LogP contribution in [0, 0.1) is 13.8 Å². The summed E-state index contributed by atoms with van der Waals surface area (Å²) in [4.78, 5) is 39.0. The van der Waals surface area contributed by atoms with Gasteiger partial charge in [0.15, 0.2) is 0 Å². The first kappa shape index (κ1) is 19.1. The smallest absolute Gasteiger partial charge is 0.265 e. The summed E-state index contributed by atoms with van der Waals surface area (Å²) in [5.74, 6) is 0.365. The second-order valence-electron chi connectivity index (χ2n) is 7.71. The van der Waals surface area contributed by atoms with Gasteiger partial charge in [-0.25, -0.2) is 4.98 Å². The first-order valence-electron chi connectivity index (χ1n) is 10.0. The molecule has 148 valence electrons. The van der Waals surface area contributed by atoms with Crippen LogP contribution in [0.4, 0.5) is 0 Å². The minimum atomic E-state index is 0.0769. The van der Waals surface area contributed by atoms with E-state index in [0.717, 1.165) is 66.6 Å². The SMILES string of the molecule is Cc1nc(C)c(C(=O)N2CCC[C@@H](c3ccc(C(=O)N4CCCC4)cn3)C2)s1. The molecule has 2 aromatic heterocycles. The molecular weight excluding hydrogens is 372 g/mol. The van der Waals surface area contributed by atoms with Gasteiger partial charge in [-0.05, 0) is 51.7 Å². The number of carbonyl (C=O) groups is 2. The number of thiazole rings is 1. The number of hydrogen-bond acceptors (Lipinski definition) is 5. The zero-order chi connectivity index (χ0) is 19.7. The number of nitrogens with zero attached hydrogens (tertiary/aromatic N) is 4. The second kappa shape index (κ2) is 7.99. The standard InChI is InChI=1S/C21H26N4O2S/c1-14-19(28-15(2)23-14)21(27)25-11-5-6-17(13-25)18-8-7-16(12-22-18)20(26)24-9-3-4-10-24/h7-8,12,17H,3-6,9-11,13H2,1-2H3/t17-/m1/s1. The van der Waals surface area contributed by atoms with E-state index in [1.54, 1.807) is 6.20 Å². The highest BCUT2D eigenvalue weighted by atomic mass is 32.1. The Morgan fingerprint density at radius 3 is 2.43 bits per heavy atom. The summed E-state index contributed by atoms with van der Waals surface area (Å²) in [5.41, 5.74) is 2.44. The van der Waals surface area contributed by atoms with E-state index >= 15 is 0 Å². The maximum absolute atomic E-state index is 12.9. The Balaban J connectivity index is 1.45. The van der Waals surface area contributed by atoms with Gasteiger partial charge in [0.25, 0.3) is 11.8 Å². The number of rotatable bonds is 3. The van der Waals surface area contributed by atoms with Crippen molar-refractivity contribution < 1.29 is 9.59 Å². The fraction of sp³-hybridized carbons (Fsp3) is 0.524. The summed E-state index contributed by atoms with van der Waals surface area (Å²) >= 11 is 1.47. The van der Waals surface area contributed by atoms with Crippen LogP contribution in [0.25, 0.3) is 0 Å². The van der Waals surface area contributed by atoms with Crippen LogP contribution < -0.4 is 0 Å². The van der Waals surface area contributed by atoms with Gasteiger partial charge in [0.1, 0.15) is 4.88 Å². The molecule has 7 heteroatoms. The Kier molecular flexibility index (Phi) is 5.44. The van der Waals surface area contributed by atoms with Gasteiger partial charge in [0, 0.05) is 44.0 Å². The molecule has 0 spiro atoms. The fourth-order valence-corrected chi connectivity index (χ4v) is 5.04. The Morgan fingerprint density at radius 2 is 1.79 bits per heavy atom. The summed E-state index contributed by atoms with van der Waals surface area (Å²) in [7, 11) is 0. The molecule has 2 saturated heterocycles. The number of hydrogen-bond donors (Lipinski definition) is 0. The van der Waals surface area contributed by atoms with E-state index in [9.17, 15) is 9.59 Å². The number of aromatic nitrogens is 2. The minimum Gasteiger partial charge on any atom is -0.339 e. The maximum Gasteiger partial charge on any atom is 0.265 e. The lowest BCUT2D eigenvalue weighted by Gasteiger charge is -2.32. The van der Waals surface area contributed by atoms with Crippen molar-refractivity contribution in [3.8, 4) is 0 Å². The molecule has 0 aliphatic carbocycles. The van der Waals surface area contributed by atoms with Gasteiger partial charge >= 0.3 is 0 Å². The lowest BCUT2D eigenvalue weighted by Crippen LogP contribution is -2.39. The quantitative estimate of drug-likeness (QED) is 0.795. The minimum absolute atomic E-state index is 0.0769. The van der Waals surface area contributed by atoms with Crippen molar-refractivity contribution in [3.63, 3.8) is 0 Å². The second-order valence-corrected chi connectivity index (χ2v) is 8.91. The Morgan fingerprint density at radius 1 is 1.04 bits per heavy atom. The van der Waals surface area contributed by atoms with Crippen LogP contribution in [0.2, 0.25) is 0 Å². The van der Waals surface area contributed by atoms with Crippen molar-refractivity contribution in [2.75, 3.05) is 26.2 Å². The van der Waals surface area contributed by atoms with Crippen LogP contribution in [0.15, 0.2) is 18.3 Å². The van der Waals surface area contributed by atoms with Crippen LogP contribution in [-0.2, 0) is 0 Å². The monoisotopic (exact) mass is 398 g/mol. The van der Waals surface area contributed by atoms with E-state index in [0.29, 0.717) is 12.1 Å². The molecule has 0 radical (unpaired) electrons. The maximum atomic E-state index is 12.9. The summed E-state index contributed by atoms with van der Waals surface area (Å²) < 4.78 is 0. The Labute approximate surface area is 169 Å². The number of likely N-dealkylation sites (tertiary alicyclic amines) is 2. The van der Waals surface area contributed by atoms with Gasteiger partial charge < -0.3 is 9.80 Å². The summed E-state index contributed by atoms with van der Waals surface area (Å²) in [5, 5.41) is 0.925. The predicted molar refractivity (Wildman–Crippen MR) is 109 cm³/mol. The molecule has 1 atom stereocenters. The first-order valence-corrected chi connectivity index (χ1v) is 10.8. The van der Waals surface area contributed by atoms with Crippen molar-refractivity contribution in [3.05, 3.63) is 45.2 Å². The van der Waals surface area contributed by atoms with E-state index < -0.39 is 0 Å². The highest BCUT2D eigenvalue weighted by Crippen LogP contribution is 2.28. The summed E-state index contributed by atoms with van der Waals surface area (Å²) in [6, 6.07) is 3.85. The number of pyridine rings is 1. The van der Waals surface area contributed by atoms with E-state index in [1.807, 2.05) is 35.8 Å². The lowest BCUT2D eigenvalue weighted by atomic mass is 9.94. The zero-order valence-electron chi connectivity index (χ0n) is 16.5. The number of amides is 2. The molecule has 2 amide bonds. The van der Waals surface area contributed by atoms with Gasteiger partial charge in [0.2, 0.25) is 0 Å². The average molecular weight is 399 g/mol. The molecule has 2 aliphatic rings. The number of carbonyl (C=O) groups excluding carboxylic acids is 2. The fourth-order valence-electron chi connectivity index (χ4n) is 4.15. The molecule has 0 bridgehead atoms. The van der Waals surface area contributed by atoms with Crippen molar-refractivity contribution in [2.24, 2.45) is 0 Å². The molecule has 0 aromatic carbocycles. The van der Waals surface area contributed by atoms with Crippen LogP contribution in [0.1, 0.15) is 68.0 Å².